The van der Waals surface area contributed by atoms with Gasteiger partial charge < -0.3 is 10.1 Å². The van der Waals surface area contributed by atoms with Crippen LogP contribution in [0, 0.1) is 5.92 Å². The van der Waals surface area contributed by atoms with Crippen LogP contribution >= 0.6 is 0 Å². The van der Waals surface area contributed by atoms with Crippen molar-refractivity contribution in [2.45, 2.75) is 25.4 Å². The molecule has 3 heteroatoms. The molecule has 12 heavy (non-hydrogen) atoms. The second-order valence-electron chi connectivity index (χ2n) is 3.68. The molecule has 0 amide bonds. The van der Waals surface area contributed by atoms with Gasteiger partial charge in [0, 0.05) is 19.5 Å². The lowest BCUT2D eigenvalue weighted by atomic mass is 10.1. The van der Waals surface area contributed by atoms with E-state index in [4.69, 9.17) is 4.74 Å². The summed E-state index contributed by atoms with van der Waals surface area (Å²) in [5, 5.41) is 3.16. The molecule has 1 atom stereocenters. The molecule has 2 rings (SSSR count). The maximum atomic E-state index is 11.5. The number of morpholine rings is 1. The zero-order chi connectivity index (χ0) is 8.39. The summed E-state index contributed by atoms with van der Waals surface area (Å²) in [7, 11) is 0. The quantitative estimate of drug-likeness (QED) is 0.662. The Labute approximate surface area is 72.5 Å². The van der Waals surface area contributed by atoms with Gasteiger partial charge in [0.05, 0.1) is 6.61 Å². The molecule has 2 fully saturated rings. The Balaban J connectivity index is 1.76. The summed E-state index contributed by atoms with van der Waals surface area (Å²) in [5.41, 5.74) is 0. The first-order valence-corrected chi connectivity index (χ1v) is 4.71. The average molecular weight is 169 g/mol. The molecule has 0 aromatic heterocycles. The van der Waals surface area contributed by atoms with Crippen molar-refractivity contribution in [2.75, 3.05) is 19.7 Å². The zero-order valence-electron chi connectivity index (χ0n) is 7.21. The molecule has 0 radical (unpaired) electrons. The van der Waals surface area contributed by atoms with Gasteiger partial charge in [-0.3, -0.25) is 4.79 Å². The maximum absolute atomic E-state index is 11.5. The number of hydrogen-bond donors (Lipinski definition) is 1. The molecular weight excluding hydrogens is 154 g/mol. The Hall–Kier alpha value is -0.410. The lowest BCUT2D eigenvalue weighted by Crippen LogP contribution is -2.43. The van der Waals surface area contributed by atoms with E-state index in [0.717, 1.165) is 13.0 Å². The van der Waals surface area contributed by atoms with E-state index in [1.165, 1.54) is 12.8 Å². The highest BCUT2D eigenvalue weighted by atomic mass is 16.5. The zero-order valence-corrected chi connectivity index (χ0v) is 7.21. The molecule has 1 saturated heterocycles. The fraction of sp³-hybridized carbons (Fsp3) is 0.889. The van der Waals surface area contributed by atoms with E-state index < -0.39 is 0 Å². The lowest BCUT2D eigenvalue weighted by molar-refractivity contribution is -0.132. The molecule has 0 bridgehead atoms. The van der Waals surface area contributed by atoms with E-state index in [9.17, 15) is 4.79 Å². The summed E-state index contributed by atoms with van der Waals surface area (Å²) in [6, 6.07) is 0. The number of ketones is 1. The minimum Gasteiger partial charge on any atom is -0.368 e. The summed E-state index contributed by atoms with van der Waals surface area (Å²) in [6.45, 7) is 2.28. The molecule has 0 spiro atoms. The number of carbonyl (C=O) groups excluding carboxylic acids is 1. The predicted molar refractivity (Wildman–Crippen MR) is 45.0 cm³/mol. The molecule has 2 aliphatic rings. The van der Waals surface area contributed by atoms with Crippen molar-refractivity contribution < 1.29 is 9.53 Å². The van der Waals surface area contributed by atoms with Gasteiger partial charge in [0.2, 0.25) is 0 Å². The standard InChI is InChI=1S/C9H15NO2/c11-8(5-7-1-2-7)9-6-10-3-4-12-9/h7,9-10H,1-6H2. The number of hydrogen-bond acceptors (Lipinski definition) is 3. The van der Waals surface area contributed by atoms with Crippen LogP contribution in [-0.4, -0.2) is 31.6 Å². The van der Waals surface area contributed by atoms with Gasteiger partial charge in [-0.2, -0.15) is 0 Å². The Morgan fingerprint density at radius 2 is 2.33 bits per heavy atom. The second-order valence-corrected chi connectivity index (χ2v) is 3.68. The SMILES string of the molecule is O=C(CC1CC1)C1CNCCO1. The third kappa shape index (κ3) is 2.05. The molecular formula is C9H15NO2. The van der Waals surface area contributed by atoms with Crippen LogP contribution in [-0.2, 0) is 9.53 Å². The summed E-state index contributed by atoms with van der Waals surface area (Å²) < 4.78 is 5.36. The van der Waals surface area contributed by atoms with E-state index in [2.05, 4.69) is 5.32 Å². The van der Waals surface area contributed by atoms with Gasteiger partial charge >= 0.3 is 0 Å². The molecule has 1 unspecified atom stereocenters. The first-order chi connectivity index (χ1) is 5.86. The number of nitrogens with one attached hydrogen (secondary N) is 1. The third-order valence-electron chi connectivity index (χ3n) is 2.47. The van der Waals surface area contributed by atoms with Crippen LogP contribution in [0.1, 0.15) is 19.3 Å². The van der Waals surface area contributed by atoms with Crippen LogP contribution in [0.25, 0.3) is 0 Å². The van der Waals surface area contributed by atoms with Gasteiger partial charge in [0.1, 0.15) is 6.10 Å². The molecule has 0 aromatic rings. The minimum atomic E-state index is -0.153. The van der Waals surface area contributed by atoms with Crippen molar-refractivity contribution in [1.82, 2.24) is 5.32 Å². The predicted octanol–water partition coefficient (Wildman–Crippen LogP) is 0.344. The lowest BCUT2D eigenvalue weighted by Gasteiger charge is -2.22. The van der Waals surface area contributed by atoms with Crippen LogP contribution in [0.2, 0.25) is 0 Å². The van der Waals surface area contributed by atoms with E-state index in [-0.39, 0.29) is 6.10 Å². The topological polar surface area (TPSA) is 38.3 Å². The molecule has 68 valence electrons. The van der Waals surface area contributed by atoms with E-state index in [0.29, 0.717) is 24.9 Å². The van der Waals surface area contributed by atoms with Crippen LogP contribution in [0.4, 0.5) is 0 Å². The number of carbonyl (C=O) groups is 1. The Morgan fingerprint density at radius 1 is 1.50 bits per heavy atom. The number of ether oxygens (including phenoxy) is 1. The largest absolute Gasteiger partial charge is 0.368 e. The van der Waals surface area contributed by atoms with Gasteiger partial charge in [-0.15, -0.1) is 0 Å². The van der Waals surface area contributed by atoms with Crippen molar-refractivity contribution in [3.8, 4) is 0 Å². The molecule has 1 heterocycles. The van der Waals surface area contributed by atoms with E-state index in [1.807, 2.05) is 0 Å². The van der Waals surface area contributed by atoms with Gasteiger partial charge in [0.25, 0.3) is 0 Å². The summed E-state index contributed by atoms with van der Waals surface area (Å²) in [5.74, 6) is 0.979. The van der Waals surface area contributed by atoms with Crippen molar-refractivity contribution in [3.63, 3.8) is 0 Å². The molecule has 0 aromatic carbocycles. The van der Waals surface area contributed by atoms with Crippen LogP contribution < -0.4 is 5.32 Å². The summed E-state index contributed by atoms with van der Waals surface area (Å²) >= 11 is 0. The van der Waals surface area contributed by atoms with Gasteiger partial charge in [-0.1, -0.05) is 0 Å². The van der Waals surface area contributed by atoms with Gasteiger partial charge in [-0.05, 0) is 18.8 Å². The molecule has 1 saturated carbocycles. The molecule has 1 aliphatic carbocycles. The van der Waals surface area contributed by atoms with Gasteiger partial charge in [-0.25, -0.2) is 0 Å². The molecule has 1 N–H and O–H groups in total. The third-order valence-corrected chi connectivity index (χ3v) is 2.47. The summed E-state index contributed by atoms with van der Waals surface area (Å²) in [6.07, 6.45) is 3.07. The number of rotatable bonds is 3. The van der Waals surface area contributed by atoms with Crippen LogP contribution in [0.3, 0.4) is 0 Å². The highest BCUT2D eigenvalue weighted by molar-refractivity contribution is 5.83. The van der Waals surface area contributed by atoms with Crippen molar-refractivity contribution in [2.24, 2.45) is 5.92 Å². The summed E-state index contributed by atoms with van der Waals surface area (Å²) in [4.78, 5) is 11.5. The second kappa shape index (κ2) is 3.54. The molecule has 1 aliphatic heterocycles. The highest BCUT2D eigenvalue weighted by Crippen LogP contribution is 2.33. The van der Waals surface area contributed by atoms with Gasteiger partial charge in [0.15, 0.2) is 5.78 Å². The Morgan fingerprint density at radius 3 is 2.92 bits per heavy atom. The maximum Gasteiger partial charge on any atom is 0.163 e. The first kappa shape index (κ1) is 8.20. The van der Waals surface area contributed by atoms with Crippen LogP contribution in [0.15, 0.2) is 0 Å². The fourth-order valence-corrected chi connectivity index (χ4v) is 1.51. The van der Waals surface area contributed by atoms with Crippen molar-refractivity contribution in [3.05, 3.63) is 0 Å². The Bertz CT molecular complexity index is 171. The van der Waals surface area contributed by atoms with Crippen molar-refractivity contribution >= 4 is 5.78 Å². The van der Waals surface area contributed by atoms with Crippen molar-refractivity contribution in [1.29, 1.82) is 0 Å². The monoisotopic (exact) mass is 169 g/mol. The fourth-order valence-electron chi connectivity index (χ4n) is 1.51. The minimum absolute atomic E-state index is 0.153. The first-order valence-electron chi connectivity index (χ1n) is 4.71. The smallest absolute Gasteiger partial charge is 0.163 e. The Kier molecular flexibility index (Phi) is 2.42. The van der Waals surface area contributed by atoms with E-state index >= 15 is 0 Å². The normalized spacial score (nSPS) is 30.2. The highest BCUT2D eigenvalue weighted by Gasteiger charge is 2.29. The number of Topliss-reactive ketones (excluding diaryl/α,β-unsaturated/α-hetero) is 1. The van der Waals surface area contributed by atoms with Crippen LogP contribution in [0.5, 0.6) is 0 Å². The molecule has 3 nitrogen and oxygen atoms in total. The average Bonchev–Trinajstić information content (AvgIpc) is 2.90. The van der Waals surface area contributed by atoms with E-state index in [1.54, 1.807) is 0 Å².